The SMILES string of the molecule is CCC1(C)CN(CCc2ccccc2)C(CC(C)C)CN1. The zero-order chi connectivity index (χ0) is 15.3. The van der Waals surface area contributed by atoms with E-state index in [0.717, 1.165) is 18.9 Å². The van der Waals surface area contributed by atoms with Gasteiger partial charge in [-0.3, -0.25) is 4.90 Å². The van der Waals surface area contributed by atoms with Crippen LogP contribution in [-0.2, 0) is 6.42 Å². The van der Waals surface area contributed by atoms with Gasteiger partial charge in [0, 0.05) is 31.2 Å². The molecule has 118 valence electrons. The Kier molecular flexibility index (Phi) is 5.83. The van der Waals surface area contributed by atoms with Gasteiger partial charge in [0.1, 0.15) is 0 Å². The van der Waals surface area contributed by atoms with Gasteiger partial charge in [0.05, 0.1) is 0 Å². The quantitative estimate of drug-likeness (QED) is 0.858. The number of piperazine rings is 1. The zero-order valence-corrected chi connectivity index (χ0v) is 14.2. The fourth-order valence-corrected chi connectivity index (χ4v) is 3.32. The number of benzene rings is 1. The van der Waals surface area contributed by atoms with Crippen molar-refractivity contribution < 1.29 is 0 Å². The summed E-state index contributed by atoms with van der Waals surface area (Å²) in [7, 11) is 0. The molecule has 2 unspecified atom stereocenters. The maximum atomic E-state index is 3.79. The van der Waals surface area contributed by atoms with E-state index in [9.17, 15) is 0 Å². The number of nitrogens with one attached hydrogen (secondary N) is 1. The van der Waals surface area contributed by atoms with E-state index < -0.39 is 0 Å². The summed E-state index contributed by atoms with van der Waals surface area (Å²) in [6.45, 7) is 12.8. The third-order valence-corrected chi connectivity index (χ3v) is 4.89. The molecule has 1 fully saturated rings. The molecule has 0 aliphatic carbocycles. The lowest BCUT2D eigenvalue weighted by Crippen LogP contribution is -2.63. The van der Waals surface area contributed by atoms with Crippen molar-refractivity contribution in [1.82, 2.24) is 10.2 Å². The molecule has 1 aromatic carbocycles. The average Bonchev–Trinajstić information content (AvgIpc) is 2.48. The lowest BCUT2D eigenvalue weighted by atomic mass is 9.90. The molecular formula is C19H32N2. The van der Waals surface area contributed by atoms with E-state index in [-0.39, 0.29) is 5.54 Å². The first kappa shape index (κ1) is 16.5. The first-order valence-corrected chi connectivity index (χ1v) is 8.55. The van der Waals surface area contributed by atoms with Crippen LogP contribution < -0.4 is 5.32 Å². The van der Waals surface area contributed by atoms with Crippen LogP contribution in [0.4, 0.5) is 0 Å². The van der Waals surface area contributed by atoms with Gasteiger partial charge in [-0.1, -0.05) is 51.1 Å². The summed E-state index contributed by atoms with van der Waals surface area (Å²) in [5, 5.41) is 3.79. The molecule has 1 saturated heterocycles. The van der Waals surface area contributed by atoms with Crippen LogP contribution in [0.2, 0.25) is 0 Å². The van der Waals surface area contributed by atoms with Crippen LogP contribution >= 0.6 is 0 Å². The van der Waals surface area contributed by atoms with Gasteiger partial charge >= 0.3 is 0 Å². The first-order chi connectivity index (χ1) is 10.0. The maximum absolute atomic E-state index is 3.79. The largest absolute Gasteiger partial charge is 0.309 e. The molecule has 1 aliphatic rings. The van der Waals surface area contributed by atoms with Crippen molar-refractivity contribution in [1.29, 1.82) is 0 Å². The van der Waals surface area contributed by atoms with Gasteiger partial charge in [0.25, 0.3) is 0 Å². The predicted molar refractivity (Wildman–Crippen MR) is 91.7 cm³/mol. The second-order valence-corrected chi connectivity index (χ2v) is 7.28. The van der Waals surface area contributed by atoms with Crippen molar-refractivity contribution >= 4 is 0 Å². The van der Waals surface area contributed by atoms with Crippen molar-refractivity contribution in [2.24, 2.45) is 5.92 Å². The Balaban J connectivity index is 1.99. The third-order valence-electron chi connectivity index (χ3n) is 4.89. The van der Waals surface area contributed by atoms with Crippen LogP contribution in [0.15, 0.2) is 30.3 Å². The summed E-state index contributed by atoms with van der Waals surface area (Å²) in [5.41, 5.74) is 1.74. The van der Waals surface area contributed by atoms with E-state index >= 15 is 0 Å². The number of hydrogen-bond donors (Lipinski definition) is 1. The highest BCUT2D eigenvalue weighted by atomic mass is 15.2. The highest BCUT2D eigenvalue weighted by Gasteiger charge is 2.34. The molecule has 0 amide bonds. The molecule has 21 heavy (non-hydrogen) atoms. The minimum absolute atomic E-state index is 0.282. The van der Waals surface area contributed by atoms with Gasteiger partial charge in [-0.15, -0.1) is 0 Å². The van der Waals surface area contributed by atoms with Crippen LogP contribution in [-0.4, -0.2) is 36.1 Å². The Bertz CT molecular complexity index is 415. The maximum Gasteiger partial charge on any atom is 0.0278 e. The Hall–Kier alpha value is -0.860. The molecule has 0 radical (unpaired) electrons. The molecule has 2 heteroatoms. The van der Waals surface area contributed by atoms with Crippen molar-refractivity contribution in [2.45, 2.75) is 58.5 Å². The van der Waals surface area contributed by atoms with Gasteiger partial charge in [-0.25, -0.2) is 0 Å². The monoisotopic (exact) mass is 288 g/mol. The lowest BCUT2D eigenvalue weighted by Gasteiger charge is -2.46. The molecule has 2 nitrogen and oxygen atoms in total. The summed E-state index contributed by atoms with van der Waals surface area (Å²) >= 11 is 0. The molecule has 0 aromatic heterocycles. The Morgan fingerprint density at radius 3 is 2.62 bits per heavy atom. The first-order valence-electron chi connectivity index (χ1n) is 8.55. The summed E-state index contributed by atoms with van der Waals surface area (Å²) in [5.74, 6) is 0.766. The van der Waals surface area contributed by atoms with Gasteiger partial charge in [0.2, 0.25) is 0 Å². The normalized spacial score (nSPS) is 27.2. The summed E-state index contributed by atoms with van der Waals surface area (Å²) < 4.78 is 0. The third kappa shape index (κ3) is 4.82. The van der Waals surface area contributed by atoms with Crippen molar-refractivity contribution in [3.8, 4) is 0 Å². The molecule has 2 atom stereocenters. The van der Waals surface area contributed by atoms with Gasteiger partial charge in [-0.2, -0.15) is 0 Å². The van der Waals surface area contributed by atoms with E-state index in [1.807, 2.05) is 0 Å². The van der Waals surface area contributed by atoms with Crippen molar-refractivity contribution in [2.75, 3.05) is 19.6 Å². The zero-order valence-electron chi connectivity index (χ0n) is 14.2. The van der Waals surface area contributed by atoms with Crippen LogP contribution in [0.25, 0.3) is 0 Å². The molecule has 2 rings (SSSR count). The van der Waals surface area contributed by atoms with Gasteiger partial charge < -0.3 is 5.32 Å². The van der Waals surface area contributed by atoms with Crippen molar-refractivity contribution in [3.05, 3.63) is 35.9 Å². The van der Waals surface area contributed by atoms with Crippen LogP contribution in [0, 0.1) is 5.92 Å². The number of hydrogen-bond acceptors (Lipinski definition) is 2. The average molecular weight is 288 g/mol. The van der Waals surface area contributed by atoms with E-state index in [4.69, 9.17) is 0 Å². The minimum atomic E-state index is 0.282. The molecule has 1 aromatic rings. The molecule has 1 heterocycles. The topological polar surface area (TPSA) is 15.3 Å². The summed E-state index contributed by atoms with van der Waals surface area (Å²) in [6.07, 6.45) is 3.65. The lowest BCUT2D eigenvalue weighted by molar-refractivity contribution is 0.0739. The number of rotatable bonds is 6. The Morgan fingerprint density at radius 1 is 1.29 bits per heavy atom. The summed E-state index contributed by atoms with van der Waals surface area (Å²) in [6, 6.07) is 11.6. The van der Waals surface area contributed by atoms with E-state index in [0.29, 0.717) is 6.04 Å². The standard InChI is InChI=1S/C19H32N2/c1-5-19(4)15-21(18(14-20-19)13-16(2)3)12-11-17-9-7-6-8-10-17/h6-10,16,18,20H,5,11-15H2,1-4H3. The number of nitrogens with zero attached hydrogens (tertiary/aromatic N) is 1. The highest BCUT2D eigenvalue weighted by Crippen LogP contribution is 2.22. The molecule has 0 bridgehead atoms. The van der Waals surface area contributed by atoms with Crippen molar-refractivity contribution in [3.63, 3.8) is 0 Å². The Morgan fingerprint density at radius 2 is 2.00 bits per heavy atom. The highest BCUT2D eigenvalue weighted by molar-refractivity contribution is 5.15. The van der Waals surface area contributed by atoms with Crippen LogP contribution in [0.3, 0.4) is 0 Å². The molecule has 0 saturated carbocycles. The second kappa shape index (κ2) is 7.42. The smallest absolute Gasteiger partial charge is 0.0278 e. The molecule has 1 aliphatic heterocycles. The Labute approximate surface area is 130 Å². The van der Waals surface area contributed by atoms with E-state index in [2.05, 4.69) is 68.2 Å². The van der Waals surface area contributed by atoms with E-state index in [1.165, 1.54) is 31.5 Å². The van der Waals surface area contributed by atoms with Crippen LogP contribution in [0.5, 0.6) is 0 Å². The second-order valence-electron chi connectivity index (χ2n) is 7.28. The molecular weight excluding hydrogens is 256 g/mol. The predicted octanol–water partition coefficient (Wildman–Crippen LogP) is 3.72. The fourth-order valence-electron chi connectivity index (χ4n) is 3.32. The minimum Gasteiger partial charge on any atom is -0.309 e. The molecule has 0 spiro atoms. The van der Waals surface area contributed by atoms with E-state index in [1.54, 1.807) is 0 Å². The summed E-state index contributed by atoms with van der Waals surface area (Å²) in [4.78, 5) is 2.73. The van der Waals surface area contributed by atoms with Gasteiger partial charge in [-0.05, 0) is 37.7 Å². The fraction of sp³-hybridized carbons (Fsp3) is 0.684. The van der Waals surface area contributed by atoms with Crippen LogP contribution in [0.1, 0.15) is 46.1 Å². The molecule has 1 N–H and O–H groups in total. The van der Waals surface area contributed by atoms with Gasteiger partial charge in [0.15, 0.2) is 0 Å².